The van der Waals surface area contributed by atoms with E-state index in [1.807, 2.05) is 61.2 Å². The second-order valence-corrected chi connectivity index (χ2v) is 8.76. The maximum Gasteiger partial charge on any atom is 0.260 e. The van der Waals surface area contributed by atoms with Crippen molar-refractivity contribution < 1.29 is 9.59 Å². The zero-order chi connectivity index (χ0) is 22.2. The molecular weight excluding hydrogens is 400 g/mol. The van der Waals surface area contributed by atoms with Crippen LogP contribution in [0.15, 0.2) is 54.6 Å². The average molecular weight is 429 g/mol. The topological polar surface area (TPSA) is 55.9 Å². The first-order valence-electron chi connectivity index (χ1n) is 11.2. The molecule has 0 unspecified atom stereocenters. The van der Waals surface area contributed by atoms with Crippen LogP contribution >= 0.6 is 0 Å². The number of nitrogens with zero attached hydrogens (tertiary/aromatic N) is 3. The van der Waals surface area contributed by atoms with Crippen LogP contribution in [0.4, 0.5) is 11.4 Å². The molecule has 6 heteroatoms. The maximum absolute atomic E-state index is 13.0. The molecule has 0 aromatic heterocycles. The molecule has 0 spiro atoms. The van der Waals surface area contributed by atoms with Crippen LogP contribution in [0.25, 0.3) is 10.8 Å². The largest absolute Gasteiger partial charge is 0.324 e. The number of anilines is 2. The Labute approximate surface area is 188 Å². The summed E-state index contributed by atoms with van der Waals surface area (Å²) < 4.78 is 0. The van der Waals surface area contributed by atoms with Gasteiger partial charge in [-0.25, -0.2) is 0 Å². The van der Waals surface area contributed by atoms with Crippen molar-refractivity contribution in [1.29, 1.82) is 0 Å². The number of nitrogens with one attached hydrogen (secondary N) is 1. The number of carbonyl (C=O) groups excluding carboxylic acids is 2. The molecule has 2 aliphatic rings. The summed E-state index contributed by atoms with van der Waals surface area (Å²) in [6.45, 7) is 8.25. The van der Waals surface area contributed by atoms with Gasteiger partial charge in [-0.3, -0.25) is 24.3 Å². The molecule has 2 aliphatic heterocycles. The summed E-state index contributed by atoms with van der Waals surface area (Å²) in [5.74, 6) is 0.0971. The monoisotopic (exact) mass is 428 g/mol. The normalized spacial score (nSPS) is 16.7. The molecule has 3 aromatic carbocycles. The Morgan fingerprint density at radius 2 is 1.50 bits per heavy atom. The SMILES string of the molecule is Cc1cccc(C)c1NC(=O)CN1CCN(CN2C(=O)c3cccc4cccc2c34)CC1. The van der Waals surface area contributed by atoms with E-state index in [0.717, 1.165) is 65.0 Å². The van der Waals surface area contributed by atoms with Crippen molar-refractivity contribution in [3.63, 3.8) is 0 Å². The van der Waals surface area contributed by atoms with E-state index in [2.05, 4.69) is 27.2 Å². The van der Waals surface area contributed by atoms with Crippen LogP contribution in [0.2, 0.25) is 0 Å². The van der Waals surface area contributed by atoms with Gasteiger partial charge < -0.3 is 5.32 Å². The van der Waals surface area contributed by atoms with Crippen LogP contribution in [0.3, 0.4) is 0 Å². The summed E-state index contributed by atoms with van der Waals surface area (Å²) in [6, 6.07) is 18.1. The Kier molecular flexibility index (Phi) is 5.41. The van der Waals surface area contributed by atoms with Crippen molar-refractivity contribution in [3.05, 3.63) is 71.3 Å². The number of amides is 2. The van der Waals surface area contributed by atoms with E-state index in [0.29, 0.717) is 13.2 Å². The number of hydrogen-bond acceptors (Lipinski definition) is 4. The molecule has 2 heterocycles. The van der Waals surface area contributed by atoms with E-state index in [9.17, 15) is 9.59 Å². The summed E-state index contributed by atoms with van der Waals surface area (Å²) in [6.07, 6.45) is 0. The molecule has 3 aromatic rings. The minimum atomic E-state index is 0.0210. The lowest BCUT2D eigenvalue weighted by atomic mass is 10.1. The van der Waals surface area contributed by atoms with Crippen LogP contribution in [-0.2, 0) is 4.79 Å². The van der Waals surface area contributed by atoms with Gasteiger partial charge in [0.05, 0.1) is 18.9 Å². The van der Waals surface area contributed by atoms with Crippen LogP contribution in [0.1, 0.15) is 21.5 Å². The number of rotatable bonds is 5. The molecule has 0 radical (unpaired) electrons. The third-order valence-electron chi connectivity index (χ3n) is 6.57. The standard InChI is InChI=1S/C26H28N4O2/c1-18-6-3-7-19(2)25(18)27-23(31)16-28-12-14-29(15-13-28)17-30-22-11-5-9-20-8-4-10-21(24(20)22)26(30)32/h3-11H,12-17H2,1-2H3,(H,27,31). The van der Waals surface area contributed by atoms with Crippen molar-refractivity contribution in [2.45, 2.75) is 13.8 Å². The highest BCUT2D eigenvalue weighted by Crippen LogP contribution is 2.37. The Balaban J connectivity index is 1.18. The van der Waals surface area contributed by atoms with Gasteiger partial charge in [-0.15, -0.1) is 0 Å². The molecule has 1 N–H and O–H groups in total. The van der Waals surface area contributed by atoms with Gasteiger partial charge in [0.2, 0.25) is 5.91 Å². The summed E-state index contributed by atoms with van der Waals surface area (Å²) in [5, 5.41) is 5.24. The van der Waals surface area contributed by atoms with Gasteiger partial charge in [0, 0.05) is 42.8 Å². The van der Waals surface area contributed by atoms with E-state index < -0.39 is 0 Å². The molecule has 0 saturated carbocycles. The van der Waals surface area contributed by atoms with Gasteiger partial charge in [-0.05, 0) is 42.5 Å². The van der Waals surface area contributed by atoms with Crippen LogP contribution in [0, 0.1) is 13.8 Å². The number of carbonyl (C=O) groups is 2. The van der Waals surface area contributed by atoms with Crippen LogP contribution < -0.4 is 10.2 Å². The first-order chi connectivity index (χ1) is 15.5. The van der Waals surface area contributed by atoms with Crippen molar-refractivity contribution in [1.82, 2.24) is 9.80 Å². The fraction of sp³-hybridized carbons (Fsp3) is 0.308. The van der Waals surface area contributed by atoms with E-state index >= 15 is 0 Å². The van der Waals surface area contributed by atoms with E-state index in [4.69, 9.17) is 0 Å². The Hall–Kier alpha value is -3.22. The smallest absolute Gasteiger partial charge is 0.260 e. The minimum absolute atomic E-state index is 0.0210. The summed E-state index contributed by atoms with van der Waals surface area (Å²) >= 11 is 0. The van der Waals surface area contributed by atoms with Gasteiger partial charge in [0.25, 0.3) is 5.91 Å². The molecule has 5 rings (SSSR count). The highest BCUT2D eigenvalue weighted by atomic mass is 16.2. The van der Waals surface area contributed by atoms with Crippen molar-refractivity contribution >= 4 is 34.0 Å². The number of hydrogen-bond donors (Lipinski definition) is 1. The van der Waals surface area contributed by atoms with E-state index in [1.165, 1.54) is 0 Å². The second kappa shape index (κ2) is 8.37. The lowest BCUT2D eigenvalue weighted by molar-refractivity contribution is -0.117. The number of aryl methyl sites for hydroxylation is 2. The van der Waals surface area contributed by atoms with Crippen LogP contribution in [-0.4, -0.2) is 61.0 Å². The van der Waals surface area contributed by atoms with E-state index in [1.54, 1.807) is 0 Å². The lowest BCUT2D eigenvalue weighted by Gasteiger charge is -2.36. The third-order valence-corrected chi connectivity index (χ3v) is 6.57. The molecule has 32 heavy (non-hydrogen) atoms. The molecule has 1 saturated heterocycles. The van der Waals surface area contributed by atoms with Crippen molar-refractivity contribution in [3.8, 4) is 0 Å². The van der Waals surface area contributed by atoms with Gasteiger partial charge in [-0.2, -0.15) is 0 Å². The van der Waals surface area contributed by atoms with Crippen molar-refractivity contribution in [2.75, 3.05) is 49.6 Å². The molecule has 0 aliphatic carbocycles. The van der Waals surface area contributed by atoms with Crippen LogP contribution in [0.5, 0.6) is 0 Å². The predicted molar refractivity (Wildman–Crippen MR) is 128 cm³/mol. The lowest BCUT2D eigenvalue weighted by Crippen LogP contribution is -2.52. The Bertz CT molecular complexity index is 1170. The minimum Gasteiger partial charge on any atom is -0.324 e. The first kappa shape index (κ1) is 20.7. The summed E-state index contributed by atoms with van der Waals surface area (Å²) in [4.78, 5) is 32.0. The van der Waals surface area contributed by atoms with Gasteiger partial charge >= 0.3 is 0 Å². The third kappa shape index (κ3) is 3.76. The highest BCUT2D eigenvalue weighted by molar-refractivity contribution is 6.24. The molecule has 6 nitrogen and oxygen atoms in total. The van der Waals surface area contributed by atoms with Crippen molar-refractivity contribution in [2.24, 2.45) is 0 Å². The predicted octanol–water partition coefficient (Wildman–Crippen LogP) is 3.63. The molecule has 0 atom stereocenters. The fourth-order valence-corrected chi connectivity index (χ4v) is 4.80. The van der Waals surface area contributed by atoms with Gasteiger partial charge in [0.15, 0.2) is 0 Å². The molecular formula is C26H28N4O2. The fourth-order valence-electron chi connectivity index (χ4n) is 4.80. The zero-order valence-corrected chi connectivity index (χ0v) is 18.6. The molecule has 1 fully saturated rings. The molecule has 2 amide bonds. The average Bonchev–Trinajstić information content (AvgIpc) is 3.06. The number of para-hydroxylation sites is 1. The van der Waals surface area contributed by atoms with E-state index in [-0.39, 0.29) is 11.8 Å². The first-order valence-corrected chi connectivity index (χ1v) is 11.2. The number of piperazine rings is 1. The van der Waals surface area contributed by atoms with Gasteiger partial charge in [0.1, 0.15) is 0 Å². The summed E-state index contributed by atoms with van der Waals surface area (Å²) in [5.41, 5.74) is 4.86. The van der Waals surface area contributed by atoms with Gasteiger partial charge in [-0.1, -0.05) is 42.5 Å². The molecule has 0 bridgehead atoms. The molecule has 164 valence electrons. The quantitative estimate of drug-likeness (QED) is 0.674. The maximum atomic E-state index is 13.0. The second-order valence-electron chi connectivity index (χ2n) is 8.76. The Morgan fingerprint density at radius 1 is 0.875 bits per heavy atom. The summed E-state index contributed by atoms with van der Waals surface area (Å²) in [7, 11) is 0. The zero-order valence-electron chi connectivity index (χ0n) is 18.6. The Morgan fingerprint density at radius 3 is 2.22 bits per heavy atom. The highest BCUT2D eigenvalue weighted by Gasteiger charge is 2.31. The number of benzene rings is 3.